The summed E-state index contributed by atoms with van der Waals surface area (Å²) in [7, 11) is 1.76. The van der Waals surface area contributed by atoms with E-state index in [9.17, 15) is 14.0 Å². The van der Waals surface area contributed by atoms with E-state index in [0.29, 0.717) is 43.1 Å². The Labute approximate surface area is 173 Å². The van der Waals surface area contributed by atoms with Crippen LogP contribution in [-0.4, -0.2) is 34.5 Å². The molecular weight excluding hydrogens is 385 g/mol. The van der Waals surface area contributed by atoms with Crippen LogP contribution in [0.5, 0.6) is 0 Å². The average Bonchev–Trinajstić information content (AvgIpc) is 3.20. The normalized spacial score (nSPS) is 15.5. The van der Waals surface area contributed by atoms with E-state index < -0.39 is 5.41 Å². The number of aryl methyl sites for hydroxylation is 1. The van der Waals surface area contributed by atoms with Crippen LogP contribution in [-0.2, 0) is 22.0 Å². The molecule has 0 radical (unpaired) electrons. The van der Waals surface area contributed by atoms with Crippen LogP contribution in [0.3, 0.4) is 0 Å². The first-order chi connectivity index (χ1) is 14.5. The fourth-order valence-electron chi connectivity index (χ4n) is 3.80. The Morgan fingerprint density at radius 2 is 1.73 bits per heavy atom. The first-order valence-electron chi connectivity index (χ1n) is 9.77. The van der Waals surface area contributed by atoms with Gasteiger partial charge in [0, 0.05) is 43.9 Å². The second kappa shape index (κ2) is 8.20. The molecule has 0 saturated carbocycles. The van der Waals surface area contributed by atoms with Crippen molar-refractivity contribution in [2.75, 3.05) is 18.5 Å². The van der Waals surface area contributed by atoms with Crippen molar-refractivity contribution >= 4 is 17.4 Å². The van der Waals surface area contributed by atoms with Gasteiger partial charge in [-0.25, -0.2) is 9.37 Å². The second-order valence-electron chi connectivity index (χ2n) is 7.42. The fourth-order valence-corrected chi connectivity index (χ4v) is 3.80. The first-order valence-corrected chi connectivity index (χ1v) is 9.77. The van der Waals surface area contributed by atoms with Crippen LogP contribution < -0.4 is 5.32 Å². The van der Waals surface area contributed by atoms with Crippen LogP contribution >= 0.6 is 0 Å². The van der Waals surface area contributed by atoms with E-state index in [1.807, 2.05) is 0 Å². The molecule has 1 aliphatic heterocycles. The van der Waals surface area contributed by atoms with Gasteiger partial charge >= 0.3 is 0 Å². The molecular formula is C23H22FN3O3. The smallest absolute Gasteiger partial charge is 0.235 e. The Morgan fingerprint density at radius 3 is 2.33 bits per heavy atom. The molecule has 0 aliphatic carbocycles. The molecule has 0 bridgehead atoms. The van der Waals surface area contributed by atoms with Crippen LogP contribution in [0.4, 0.5) is 10.1 Å². The van der Waals surface area contributed by atoms with Crippen LogP contribution in [0.2, 0.25) is 0 Å². The summed E-state index contributed by atoms with van der Waals surface area (Å²) in [5, 5.41) is 2.96. The van der Waals surface area contributed by atoms with Crippen molar-refractivity contribution in [3.63, 3.8) is 0 Å². The summed E-state index contributed by atoms with van der Waals surface area (Å²) in [6.07, 6.45) is 4.32. The topological polar surface area (TPSA) is 73.2 Å². The van der Waals surface area contributed by atoms with E-state index in [1.54, 1.807) is 60.4 Å². The number of rotatable bonds is 5. The average molecular weight is 407 g/mol. The van der Waals surface area contributed by atoms with Gasteiger partial charge in [0.1, 0.15) is 5.82 Å². The lowest BCUT2D eigenvalue weighted by Crippen LogP contribution is -2.44. The third-order valence-electron chi connectivity index (χ3n) is 5.61. The molecule has 0 atom stereocenters. The zero-order valence-electron chi connectivity index (χ0n) is 16.6. The first kappa shape index (κ1) is 20.0. The number of aromatic nitrogens is 2. The zero-order valence-corrected chi connectivity index (χ0v) is 16.6. The summed E-state index contributed by atoms with van der Waals surface area (Å²) in [4.78, 5) is 29.9. The number of hydrogen-bond acceptors (Lipinski definition) is 4. The van der Waals surface area contributed by atoms with Crippen LogP contribution in [0.25, 0.3) is 0 Å². The van der Waals surface area contributed by atoms with Gasteiger partial charge in [-0.05, 0) is 54.8 Å². The molecule has 1 amide bonds. The molecule has 1 aliphatic rings. The number of ether oxygens (including phenoxy) is 1. The van der Waals surface area contributed by atoms with Crippen molar-refractivity contribution in [3.8, 4) is 0 Å². The number of carbonyl (C=O) groups excluding carboxylic acids is 2. The second-order valence-corrected chi connectivity index (χ2v) is 7.42. The Kier molecular flexibility index (Phi) is 5.46. The van der Waals surface area contributed by atoms with Gasteiger partial charge in [-0.2, -0.15) is 0 Å². The number of carbonyl (C=O) groups is 2. The van der Waals surface area contributed by atoms with Gasteiger partial charge in [-0.1, -0.05) is 12.1 Å². The predicted molar refractivity (Wildman–Crippen MR) is 110 cm³/mol. The molecule has 1 saturated heterocycles. The molecule has 1 N–H and O–H groups in total. The molecule has 6 nitrogen and oxygen atoms in total. The minimum Gasteiger partial charge on any atom is -0.381 e. The Balaban J connectivity index is 1.55. The third-order valence-corrected chi connectivity index (χ3v) is 5.61. The third kappa shape index (κ3) is 3.76. The van der Waals surface area contributed by atoms with Crippen molar-refractivity contribution in [1.29, 1.82) is 0 Å². The van der Waals surface area contributed by atoms with Gasteiger partial charge < -0.3 is 14.6 Å². The van der Waals surface area contributed by atoms with Crippen LogP contribution in [0.15, 0.2) is 60.9 Å². The minimum atomic E-state index is -0.784. The highest BCUT2D eigenvalue weighted by Crippen LogP contribution is 2.36. The molecule has 2 heterocycles. The summed E-state index contributed by atoms with van der Waals surface area (Å²) >= 11 is 0. The van der Waals surface area contributed by atoms with Crippen molar-refractivity contribution < 1.29 is 18.7 Å². The quantitative estimate of drug-likeness (QED) is 0.658. The van der Waals surface area contributed by atoms with Crippen molar-refractivity contribution in [3.05, 3.63) is 83.7 Å². The molecule has 154 valence electrons. The summed E-state index contributed by atoms with van der Waals surface area (Å²) in [5.74, 6) is -0.341. The highest BCUT2D eigenvalue weighted by atomic mass is 19.1. The van der Waals surface area contributed by atoms with Gasteiger partial charge in [0.25, 0.3) is 0 Å². The number of halogens is 1. The number of anilines is 1. The van der Waals surface area contributed by atoms with Gasteiger partial charge in [0.2, 0.25) is 11.7 Å². The number of nitrogens with one attached hydrogen (secondary N) is 1. The fraction of sp³-hybridized carbons (Fsp3) is 0.261. The Bertz CT molecular complexity index is 1050. The van der Waals surface area contributed by atoms with Crippen molar-refractivity contribution in [2.45, 2.75) is 18.3 Å². The van der Waals surface area contributed by atoms with E-state index in [-0.39, 0.29) is 17.5 Å². The molecule has 0 spiro atoms. The number of imidazole rings is 1. The van der Waals surface area contributed by atoms with Gasteiger partial charge in [0.15, 0.2) is 5.82 Å². The predicted octanol–water partition coefficient (Wildman–Crippen LogP) is 3.48. The lowest BCUT2D eigenvalue weighted by molar-refractivity contribution is -0.125. The van der Waals surface area contributed by atoms with Crippen LogP contribution in [0, 0.1) is 5.82 Å². The molecule has 1 aromatic heterocycles. The maximum Gasteiger partial charge on any atom is 0.235 e. The molecule has 2 aromatic carbocycles. The molecule has 3 aromatic rings. The summed E-state index contributed by atoms with van der Waals surface area (Å²) < 4.78 is 20.5. The molecule has 7 heteroatoms. The van der Waals surface area contributed by atoms with Gasteiger partial charge in [-0.3, -0.25) is 9.59 Å². The highest BCUT2D eigenvalue weighted by Gasteiger charge is 2.41. The van der Waals surface area contributed by atoms with Crippen molar-refractivity contribution in [2.24, 2.45) is 7.05 Å². The Hall–Kier alpha value is -3.32. The zero-order chi connectivity index (χ0) is 21.1. The minimum absolute atomic E-state index is 0.166. The maximum atomic E-state index is 13.4. The van der Waals surface area contributed by atoms with E-state index in [2.05, 4.69) is 10.3 Å². The van der Waals surface area contributed by atoms with Gasteiger partial charge in [0.05, 0.1) is 5.41 Å². The molecule has 1 fully saturated rings. The maximum absolute atomic E-state index is 13.4. The van der Waals surface area contributed by atoms with E-state index >= 15 is 0 Å². The van der Waals surface area contributed by atoms with Gasteiger partial charge in [-0.15, -0.1) is 0 Å². The highest BCUT2D eigenvalue weighted by molar-refractivity contribution is 6.07. The summed E-state index contributed by atoms with van der Waals surface area (Å²) in [6, 6.07) is 12.8. The largest absolute Gasteiger partial charge is 0.381 e. The van der Waals surface area contributed by atoms with E-state index in [0.717, 1.165) is 5.56 Å². The van der Waals surface area contributed by atoms with Crippen LogP contribution in [0.1, 0.15) is 34.6 Å². The molecule has 30 heavy (non-hydrogen) atoms. The summed E-state index contributed by atoms with van der Waals surface area (Å²) in [5.41, 5.74) is 1.06. The number of amides is 1. The monoisotopic (exact) mass is 407 g/mol. The summed E-state index contributed by atoms with van der Waals surface area (Å²) in [6.45, 7) is 0.920. The lowest BCUT2D eigenvalue weighted by Gasteiger charge is -2.36. The number of nitrogens with zero attached hydrogens (tertiary/aromatic N) is 2. The molecule has 0 unspecified atom stereocenters. The molecule has 4 rings (SSSR count). The van der Waals surface area contributed by atoms with E-state index in [4.69, 9.17) is 4.74 Å². The number of hydrogen-bond donors (Lipinski definition) is 1. The lowest BCUT2D eigenvalue weighted by atomic mass is 9.73. The standard InChI is InChI=1S/C23H22FN3O3/c1-27-13-12-25-21(27)20(28)16-2-8-19(9-3-16)26-22(29)23(10-14-30-15-11-23)17-4-6-18(24)7-5-17/h2-9,12-13H,10-11,14-15H2,1H3,(H,26,29). The Morgan fingerprint density at radius 1 is 1.07 bits per heavy atom. The number of benzene rings is 2. The van der Waals surface area contributed by atoms with Crippen molar-refractivity contribution in [1.82, 2.24) is 9.55 Å². The SMILES string of the molecule is Cn1ccnc1C(=O)c1ccc(NC(=O)C2(c3ccc(F)cc3)CCOCC2)cc1. The van der Waals surface area contributed by atoms with E-state index in [1.165, 1.54) is 12.1 Å². The number of ketones is 1.